The van der Waals surface area contributed by atoms with Crippen LogP contribution in [0.5, 0.6) is 5.75 Å². The molecule has 4 rings (SSSR count). The molecule has 0 N–H and O–H groups in total. The molecule has 1 aliphatic heterocycles. The normalized spacial score (nSPS) is 20.2. The summed E-state index contributed by atoms with van der Waals surface area (Å²) in [6.45, 7) is 3.64. The Morgan fingerprint density at radius 3 is 2.54 bits per heavy atom. The molecule has 2 aromatic carbocycles. The molecule has 2 aromatic rings. The van der Waals surface area contributed by atoms with Crippen molar-refractivity contribution < 1.29 is 9.53 Å². The lowest BCUT2D eigenvalue weighted by Gasteiger charge is -2.26. The molecular weight excluding hydrogens is 322 g/mol. The van der Waals surface area contributed by atoms with Gasteiger partial charge in [0.1, 0.15) is 5.75 Å². The molecule has 26 heavy (non-hydrogen) atoms. The highest BCUT2D eigenvalue weighted by atomic mass is 16.5. The molecule has 1 atom stereocenters. The van der Waals surface area contributed by atoms with Crippen molar-refractivity contribution in [2.24, 2.45) is 0 Å². The van der Waals surface area contributed by atoms with Gasteiger partial charge >= 0.3 is 0 Å². The minimum atomic E-state index is -0.0479. The number of Topliss-reactive ketones (excluding diaryl/α,β-unsaturated/α-hetero) is 1. The van der Waals surface area contributed by atoms with Gasteiger partial charge in [-0.05, 0) is 73.7 Å². The predicted octanol–water partition coefficient (Wildman–Crippen LogP) is 4.25. The number of piperidine rings is 1. The average Bonchev–Trinajstić information content (AvgIpc) is 3.03. The van der Waals surface area contributed by atoms with E-state index in [2.05, 4.69) is 29.2 Å². The van der Waals surface area contributed by atoms with Crippen molar-refractivity contribution in [3.05, 3.63) is 64.7 Å². The van der Waals surface area contributed by atoms with Crippen LogP contribution in [0.1, 0.15) is 52.2 Å². The average molecular weight is 349 g/mol. The summed E-state index contributed by atoms with van der Waals surface area (Å²) >= 11 is 0. The number of fused-ring (bicyclic) bond motifs is 1. The smallest absolute Gasteiger partial charge is 0.170 e. The van der Waals surface area contributed by atoms with Gasteiger partial charge in [0.05, 0.1) is 13.0 Å². The first-order valence-corrected chi connectivity index (χ1v) is 9.77. The summed E-state index contributed by atoms with van der Waals surface area (Å²) in [5, 5.41) is 0. The van der Waals surface area contributed by atoms with Crippen LogP contribution in [-0.2, 0) is 12.8 Å². The van der Waals surface area contributed by atoms with E-state index in [1.54, 1.807) is 7.11 Å². The van der Waals surface area contributed by atoms with E-state index in [0.29, 0.717) is 0 Å². The molecule has 1 aliphatic carbocycles. The summed E-state index contributed by atoms with van der Waals surface area (Å²) in [5.74, 6) is 1.02. The van der Waals surface area contributed by atoms with Crippen molar-refractivity contribution in [3.63, 3.8) is 0 Å². The SMILES string of the molecule is COc1ccc2c(c1)CC(c1ccc(CCN3CCCCC3)cc1)C2=O. The lowest BCUT2D eigenvalue weighted by Crippen LogP contribution is -2.31. The Labute approximate surface area is 156 Å². The largest absolute Gasteiger partial charge is 0.497 e. The molecule has 1 saturated heterocycles. The van der Waals surface area contributed by atoms with Gasteiger partial charge in [0.15, 0.2) is 5.78 Å². The molecule has 0 radical (unpaired) electrons. The molecule has 3 nitrogen and oxygen atoms in total. The molecule has 0 amide bonds. The monoisotopic (exact) mass is 349 g/mol. The molecule has 0 spiro atoms. The summed E-state index contributed by atoms with van der Waals surface area (Å²) in [6, 6.07) is 14.5. The minimum Gasteiger partial charge on any atom is -0.497 e. The van der Waals surface area contributed by atoms with Crippen molar-refractivity contribution in [1.82, 2.24) is 4.90 Å². The quantitative estimate of drug-likeness (QED) is 0.808. The molecule has 0 bridgehead atoms. The van der Waals surface area contributed by atoms with Gasteiger partial charge in [0.2, 0.25) is 0 Å². The summed E-state index contributed by atoms with van der Waals surface area (Å²) in [4.78, 5) is 15.3. The van der Waals surface area contributed by atoms with Crippen molar-refractivity contribution in [2.45, 2.75) is 38.0 Å². The van der Waals surface area contributed by atoms with Crippen LogP contribution in [0.25, 0.3) is 0 Å². The molecule has 136 valence electrons. The first-order chi connectivity index (χ1) is 12.7. The summed E-state index contributed by atoms with van der Waals surface area (Å²) in [7, 11) is 1.67. The van der Waals surface area contributed by atoms with Crippen molar-refractivity contribution in [1.29, 1.82) is 0 Å². The lowest BCUT2D eigenvalue weighted by molar-refractivity contribution is 0.0973. The van der Waals surface area contributed by atoms with Crippen molar-refractivity contribution in [2.75, 3.05) is 26.7 Å². The topological polar surface area (TPSA) is 29.5 Å². The molecular formula is C23H27NO2. The zero-order valence-electron chi connectivity index (χ0n) is 15.5. The van der Waals surface area contributed by atoms with E-state index in [1.165, 1.54) is 37.9 Å². The van der Waals surface area contributed by atoms with Crippen LogP contribution in [0.3, 0.4) is 0 Å². The van der Waals surface area contributed by atoms with Gasteiger partial charge in [0.25, 0.3) is 0 Å². The highest BCUT2D eigenvalue weighted by Gasteiger charge is 2.31. The summed E-state index contributed by atoms with van der Waals surface area (Å²) in [5.41, 5.74) is 4.45. The zero-order chi connectivity index (χ0) is 17.9. The maximum absolute atomic E-state index is 12.8. The number of likely N-dealkylation sites (tertiary alicyclic amines) is 1. The fourth-order valence-electron chi connectivity index (χ4n) is 4.26. The van der Waals surface area contributed by atoms with Gasteiger partial charge in [-0.3, -0.25) is 4.79 Å². The predicted molar refractivity (Wildman–Crippen MR) is 104 cm³/mol. The summed E-state index contributed by atoms with van der Waals surface area (Å²) in [6.07, 6.45) is 5.94. The number of ether oxygens (including phenoxy) is 1. The van der Waals surface area contributed by atoms with Crippen LogP contribution in [0.15, 0.2) is 42.5 Å². The molecule has 1 heterocycles. The van der Waals surface area contributed by atoms with Gasteiger partial charge < -0.3 is 9.64 Å². The fraction of sp³-hybridized carbons (Fsp3) is 0.435. The van der Waals surface area contributed by atoms with E-state index in [0.717, 1.165) is 41.8 Å². The fourth-order valence-corrected chi connectivity index (χ4v) is 4.26. The molecule has 0 saturated carbocycles. The molecule has 0 aromatic heterocycles. The van der Waals surface area contributed by atoms with Gasteiger partial charge in [-0.25, -0.2) is 0 Å². The van der Waals surface area contributed by atoms with E-state index in [9.17, 15) is 4.79 Å². The first-order valence-electron chi connectivity index (χ1n) is 9.77. The van der Waals surface area contributed by atoms with Crippen LogP contribution in [0, 0.1) is 0 Å². The van der Waals surface area contributed by atoms with Crippen LogP contribution >= 0.6 is 0 Å². The zero-order valence-corrected chi connectivity index (χ0v) is 15.5. The third-order valence-corrected chi connectivity index (χ3v) is 5.87. The van der Waals surface area contributed by atoms with E-state index >= 15 is 0 Å². The van der Waals surface area contributed by atoms with Crippen LogP contribution in [0.2, 0.25) is 0 Å². The molecule has 1 unspecified atom stereocenters. The Morgan fingerprint density at radius 1 is 1.04 bits per heavy atom. The Hall–Kier alpha value is -2.13. The number of methoxy groups -OCH3 is 1. The third kappa shape index (κ3) is 3.54. The number of carbonyl (C=O) groups is 1. The van der Waals surface area contributed by atoms with Crippen LogP contribution < -0.4 is 4.74 Å². The number of ketones is 1. The number of rotatable bonds is 5. The van der Waals surface area contributed by atoms with Gasteiger partial charge in [-0.2, -0.15) is 0 Å². The Balaban J connectivity index is 1.41. The first kappa shape index (κ1) is 17.3. The molecule has 2 aliphatic rings. The van der Waals surface area contributed by atoms with Gasteiger partial charge in [-0.1, -0.05) is 30.7 Å². The van der Waals surface area contributed by atoms with Gasteiger partial charge in [0, 0.05) is 12.1 Å². The second-order valence-electron chi connectivity index (χ2n) is 7.54. The Bertz CT molecular complexity index is 775. The molecule has 1 fully saturated rings. The third-order valence-electron chi connectivity index (χ3n) is 5.87. The number of hydrogen-bond acceptors (Lipinski definition) is 3. The maximum atomic E-state index is 12.8. The summed E-state index contributed by atoms with van der Waals surface area (Å²) < 4.78 is 5.29. The standard InChI is InChI=1S/C23H27NO2/c1-26-20-9-10-21-19(15-20)16-22(23(21)25)18-7-5-17(6-8-18)11-14-24-12-3-2-4-13-24/h5-10,15,22H,2-4,11-14,16H2,1H3. The van der Waals surface area contributed by atoms with E-state index in [4.69, 9.17) is 4.74 Å². The number of nitrogens with zero attached hydrogens (tertiary/aromatic N) is 1. The number of carbonyl (C=O) groups excluding carboxylic acids is 1. The maximum Gasteiger partial charge on any atom is 0.170 e. The van der Waals surface area contributed by atoms with Crippen molar-refractivity contribution >= 4 is 5.78 Å². The van der Waals surface area contributed by atoms with Crippen LogP contribution in [-0.4, -0.2) is 37.4 Å². The highest BCUT2D eigenvalue weighted by Crippen LogP contribution is 2.35. The lowest BCUT2D eigenvalue weighted by atomic mass is 9.94. The van der Waals surface area contributed by atoms with Gasteiger partial charge in [-0.15, -0.1) is 0 Å². The Kier molecular flexibility index (Phi) is 5.07. The van der Waals surface area contributed by atoms with E-state index in [-0.39, 0.29) is 11.7 Å². The minimum absolute atomic E-state index is 0.0479. The number of benzene rings is 2. The van der Waals surface area contributed by atoms with Crippen LogP contribution in [0.4, 0.5) is 0 Å². The second-order valence-corrected chi connectivity index (χ2v) is 7.54. The van der Waals surface area contributed by atoms with Crippen molar-refractivity contribution in [3.8, 4) is 5.75 Å². The molecule has 3 heteroatoms. The van der Waals surface area contributed by atoms with E-state index < -0.39 is 0 Å². The Morgan fingerprint density at radius 2 is 1.81 bits per heavy atom. The van der Waals surface area contributed by atoms with E-state index in [1.807, 2.05) is 18.2 Å². The highest BCUT2D eigenvalue weighted by molar-refractivity contribution is 6.05. The second kappa shape index (κ2) is 7.63. The number of hydrogen-bond donors (Lipinski definition) is 0.